The van der Waals surface area contributed by atoms with Gasteiger partial charge < -0.3 is 0 Å². The van der Waals surface area contributed by atoms with Gasteiger partial charge in [-0.25, -0.2) is 8.78 Å². The van der Waals surface area contributed by atoms with Crippen LogP contribution in [0.4, 0.5) is 8.78 Å². The minimum absolute atomic E-state index is 0.263. The van der Waals surface area contributed by atoms with E-state index in [0.29, 0.717) is 0 Å². The van der Waals surface area contributed by atoms with Crippen LogP contribution in [-0.4, -0.2) is 0 Å². The van der Waals surface area contributed by atoms with E-state index < -0.39 is 11.7 Å². The molecule has 0 saturated carbocycles. The van der Waals surface area contributed by atoms with Crippen LogP contribution < -0.4 is 0 Å². The van der Waals surface area contributed by atoms with Gasteiger partial charge in [-0.3, -0.25) is 0 Å². The van der Waals surface area contributed by atoms with Crippen LogP contribution in [0.25, 0.3) is 22.4 Å². The maximum Gasteiger partial charge on any atom is 0.166 e. The number of aryl methyl sites for hydroxylation is 2. The quantitative estimate of drug-likeness (QED) is 0.261. The second kappa shape index (κ2) is 10.7. The third-order valence-corrected chi connectivity index (χ3v) is 5.23. The smallest absolute Gasteiger partial charge is 0.166 e. The molecule has 30 heavy (non-hydrogen) atoms. The van der Waals surface area contributed by atoms with Gasteiger partial charge in [0.05, 0.1) is 0 Å². The summed E-state index contributed by atoms with van der Waals surface area (Å²) in [5.74, 6) is -1.65. The summed E-state index contributed by atoms with van der Waals surface area (Å²) in [4.78, 5) is 0. The van der Waals surface area contributed by atoms with Gasteiger partial charge in [-0.05, 0) is 67.5 Å². The fourth-order valence-corrected chi connectivity index (χ4v) is 3.49. The number of halogens is 2. The first kappa shape index (κ1) is 21.7. The summed E-state index contributed by atoms with van der Waals surface area (Å²) in [5, 5.41) is 1.94. The predicted molar refractivity (Wildman–Crippen MR) is 126 cm³/mol. The van der Waals surface area contributed by atoms with Crippen LogP contribution in [0.15, 0.2) is 85.0 Å². The Hall–Kier alpha value is -3.00. The van der Waals surface area contributed by atoms with Gasteiger partial charge in [0.25, 0.3) is 0 Å². The average Bonchev–Trinajstić information content (AvgIpc) is 2.78. The van der Waals surface area contributed by atoms with E-state index in [1.54, 1.807) is 24.3 Å². The second-order valence-corrected chi connectivity index (χ2v) is 7.44. The first-order valence-electron chi connectivity index (χ1n) is 10.5. The SMILES string of the molecule is C/C=C/CCc1ccc(C(F)=C(F)c2ccc3cc(CC/C=C/C)ccc3c2)cc1. The monoisotopic (exact) mass is 402 g/mol. The molecule has 0 aromatic heterocycles. The van der Waals surface area contributed by atoms with Crippen molar-refractivity contribution in [3.05, 3.63) is 107 Å². The second-order valence-electron chi connectivity index (χ2n) is 7.44. The normalized spacial score (nSPS) is 12.8. The van der Waals surface area contributed by atoms with Crippen LogP contribution in [0.3, 0.4) is 0 Å². The molecule has 0 spiro atoms. The lowest BCUT2D eigenvalue weighted by Crippen LogP contribution is -1.88. The van der Waals surface area contributed by atoms with E-state index >= 15 is 0 Å². The molecule has 0 aliphatic heterocycles. The number of allylic oxidation sites excluding steroid dienone is 4. The van der Waals surface area contributed by atoms with E-state index in [-0.39, 0.29) is 11.1 Å². The summed E-state index contributed by atoms with van der Waals surface area (Å²) < 4.78 is 29.6. The molecule has 0 nitrogen and oxygen atoms in total. The summed E-state index contributed by atoms with van der Waals surface area (Å²) in [5.41, 5.74) is 2.88. The molecule has 0 N–H and O–H groups in total. The van der Waals surface area contributed by atoms with Gasteiger partial charge in [-0.15, -0.1) is 0 Å². The summed E-state index contributed by atoms with van der Waals surface area (Å²) in [6.45, 7) is 4.01. The predicted octanol–water partition coefficient (Wildman–Crippen LogP) is 8.62. The van der Waals surface area contributed by atoms with Crippen LogP contribution in [0.1, 0.15) is 48.9 Å². The molecule has 0 aliphatic carbocycles. The Balaban J connectivity index is 1.80. The van der Waals surface area contributed by atoms with Gasteiger partial charge in [-0.2, -0.15) is 0 Å². The zero-order valence-electron chi connectivity index (χ0n) is 17.7. The third kappa shape index (κ3) is 5.54. The minimum atomic E-state index is -0.823. The fraction of sp³-hybridized carbons (Fsp3) is 0.214. The average molecular weight is 403 g/mol. The van der Waals surface area contributed by atoms with Gasteiger partial charge in [0.2, 0.25) is 0 Å². The zero-order chi connectivity index (χ0) is 21.3. The molecule has 3 aromatic carbocycles. The fourth-order valence-electron chi connectivity index (χ4n) is 3.49. The van der Waals surface area contributed by atoms with Crippen LogP contribution in [0, 0.1) is 0 Å². The topological polar surface area (TPSA) is 0 Å². The van der Waals surface area contributed by atoms with Gasteiger partial charge in [0.1, 0.15) is 0 Å². The van der Waals surface area contributed by atoms with Crippen molar-refractivity contribution in [1.82, 2.24) is 0 Å². The first-order chi connectivity index (χ1) is 14.6. The largest absolute Gasteiger partial charge is 0.203 e. The Morgan fingerprint density at radius 1 is 0.633 bits per heavy atom. The Morgan fingerprint density at radius 2 is 1.13 bits per heavy atom. The molecule has 0 radical (unpaired) electrons. The maximum atomic E-state index is 14.9. The lowest BCUT2D eigenvalue weighted by Gasteiger charge is -2.07. The standard InChI is InChI=1S/C28H28F2/c1-3-5-7-9-21-11-14-23(15-12-21)27(29)28(30)26-18-17-24-19-22(10-8-6-4-2)13-16-25(24)20-26/h3-6,11-20H,7-10H2,1-2H3/b5-3+,6-4+,28-27?. The van der Waals surface area contributed by atoms with Crippen LogP contribution in [0.5, 0.6) is 0 Å². The summed E-state index contributed by atoms with van der Waals surface area (Å²) >= 11 is 0. The van der Waals surface area contributed by atoms with E-state index in [0.717, 1.165) is 42.0 Å². The first-order valence-corrected chi connectivity index (χ1v) is 10.5. The third-order valence-electron chi connectivity index (χ3n) is 5.23. The van der Waals surface area contributed by atoms with E-state index in [2.05, 4.69) is 24.3 Å². The molecule has 154 valence electrons. The number of hydrogen-bond donors (Lipinski definition) is 0. The Bertz CT molecular complexity index is 1070. The van der Waals surface area contributed by atoms with E-state index in [4.69, 9.17) is 0 Å². The summed E-state index contributed by atoms with van der Waals surface area (Å²) in [7, 11) is 0. The van der Waals surface area contributed by atoms with E-state index in [9.17, 15) is 8.78 Å². The van der Waals surface area contributed by atoms with Crippen molar-refractivity contribution in [3.63, 3.8) is 0 Å². The van der Waals surface area contributed by atoms with Crippen LogP contribution in [-0.2, 0) is 12.8 Å². The molecule has 0 aliphatic rings. The van der Waals surface area contributed by atoms with Crippen molar-refractivity contribution in [2.75, 3.05) is 0 Å². The highest BCUT2D eigenvalue weighted by Gasteiger charge is 2.12. The van der Waals surface area contributed by atoms with Gasteiger partial charge >= 0.3 is 0 Å². The molecule has 3 rings (SSSR count). The molecule has 3 aromatic rings. The molecule has 0 unspecified atom stereocenters. The lowest BCUT2D eigenvalue weighted by molar-refractivity contribution is 0.700. The zero-order valence-corrected chi connectivity index (χ0v) is 17.7. The van der Waals surface area contributed by atoms with Crippen LogP contribution >= 0.6 is 0 Å². The van der Waals surface area contributed by atoms with E-state index in [1.807, 2.05) is 50.3 Å². The highest BCUT2D eigenvalue weighted by atomic mass is 19.2. The highest BCUT2D eigenvalue weighted by molar-refractivity contribution is 5.90. The molecule has 0 fully saturated rings. The molecule has 0 saturated heterocycles. The number of rotatable bonds is 8. The number of benzene rings is 3. The maximum absolute atomic E-state index is 14.9. The molecule has 0 heterocycles. The van der Waals surface area contributed by atoms with Crippen molar-refractivity contribution in [2.45, 2.75) is 39.5 Å². The molecule has 0 atom stereocenters. The molecular weight excluding hydrogens is 374 g/mol. The van der Waals surface area contributed by atoms with Crippen LogP contribution in [0.2, 0.25) is 0 Å². The highest BCUT2D eigenvalue weighted by Crippen LogP contribution is 2.31. The van der Waals surface area contributed by atoms with Crippen molar-refractivity contribution in [2.24, 2.45) is 0 Å². The Kier molecular flexibility index (Phi) is 7.73. The molecular formula is C28H28F2. The van der Waals surface area contributed by atoms with Gasteiger partial charge in [0, 0.05) is 11.1 Å². The van der Waals surface area contributed by atoms with Gasteiger partial charge in [0.15, 0.2) is 11.7 Å². The number of hydrogen-bond acceptors (Lipinski definition) is 0. The lowest BCUT2D eigenvalue weighted by atomic mass is 10.0. The van der Waals surface area contributed by atoms with Crippen molar-refractivity contribution < 1.29 is 8.78 Å². The minimum Gasteiger partial charge on any atom is -0.203 e. The molecule has 0 amide bonds. The van der Waals surface area contributed by atoms with Crippen molar-refractivity contribution in [3.8, 4) is 0 Å². The van der Waals surface area contributed by atoms with Crippen molar-refractivity contribution in [1.29, 1.82) is 0 Å². The molecule has 0 bridgehead atoms. The Morgan fingerprint density at radius 3 is 1.80 bits per heavy atom. The van der Waals surface area contributed by atoms with Gasteiger partial charge in [-0.1, -0.05) is 78.9 Å². The van der Waals surface area contributed by atoms with Crippen molar-refractivity contribution >= 4 is 22.4 Å². The molecule has 2 heteroatoms. The van der Waals surface area contributed by atoms with E-state index in [1.165, 1.54) is 5.56 Å². The summed E-state index contributed by atoms with van der Waals surface area (Å²) in [6, 6.07) is 18.4. The Labute approximate surface area is 178 Å². The summed E-state index contributed by atoms with van der Waals surface area (Å²) in [6.07, 6.45) is 12.1. The number of fused-ring (bicyclic) bond motifs is 1.